The zero-order chi connectivity index (χ0) is 26.3. The highest BCUT2D eigenvalue weighted by Gasteiger charge is 2.27. The largest absolute Gasteiger partial charge is 0.352 e. The van der Waals surface area contributed by atoms with E-state index in [1.165, 1.54) is 9.21 Å². The van der Waals surface area contributed by atoms with Crippen molar-refractivity contribution in [1.82, 2.24) is 10.2 Å². The predicted octanol–water partition coefficient (Wildman–Crippen LogP) is 5.13. The minimum Gasteiger partial charge on any atom is -0.352 e. The fraction of sp³-hybridized carbons (Fsp3) is 0.417. The second-order valence-electron chi connectivity index (χ2n) is 8.52. The highest BCUT2D eigenvalue weighted by molar-refractivity contribution is 7.92. The Hall–Kier alpha value is -2.00. The maximum atomic E-state index is 13.3. The number of amides is 2. The summed E-state index contributed by atoms with van der Waals surface area (Å²) in [5.41, 5.74) is 1.06. The summed E-state index contributed by atoms with van der Waals surface area (Å²) in [7, 11) is -3.60. The third kappa shape index (κ3) is 8.86. The Morgan fingerprint density at radius 3 is 2.23 bits per heavy atom. The van der Waals surface area contributed by atoms with Crippen LogP contribution in [0, 0.1) is 0 Å². The second-order valence-corrected chi connectivity index (χ2v) is 11.7. The molecule has 1 N–H and O–H groups in total. The highest BCUT2D eigenvalue weighted by Crippen LogP contribution is 2.25. The molecule has 0 bridgehead atoms. The van der Waals surface area contributed by atoms with Gasteiger partial charge < -0.3 is 10.2 Å². The molecule has 0 saturated heterocycles. The molecule has 0 aromatic heterocycles. The van der Waals surface area contributed by atoms with Gasteiger partial charge in [-0.25, -0.2) is 8.42 Å². The van der Waals surface area contributed by atoms with Crippen LogP contribution >= 0.6 is 34.8 Å². The van der Waals surface area contributed by atoms with E-state index in [2.05, 4.69) is 5.32 Å². The second kappa shape index (κ2) is 12.8. The van der Waals surface area contributed by atoms with Crippen LogP contribution in [-0.4, -0.2) is 50.0 Å². The number of rotatable bonds is 11. The van der Waals surface area contributed by atoms with E-state index in [4.69, 9.17) is 34.8 Å². The van der Waals surface area contributed by atoms with Gasteiger partial charge in [-0.3, -0.25) is 13.9 Å². The lowest BCUT2D eigenvalue weighted by atomic mass is 10.1. The van der Waals surface area contributed by atoms with Gasteiger partial charge >= 0.3 is 0 Å². The summed E-state index contributed by atoms with van der Waals surface area (Å²) in [4.78, 5) is 27.4. The van der Waals surface area contributed by atoms with Crippen LogP contribution in [0.4, 0.5) is 5.69 Å². The van der Waals surface area contributed by atoms with E-state index >= 15 is 0 Å². The molecule has 0 aliphatic carbocycles. The van der Waals surface area contributed by atoms with E-state index in [0.29, 0.717) is 26.3 Å². The molecule has 2 aromatic carbocycles. The van der Waals surface area contributed by atoms with Gasteiger partial charge in [0.15, 0.2) is 0 Å². The topological polar surface area (TPSA) is 86.8 Å². The summed E-state index contributed by atoms with van der Waals surface area (Å²) in [5, 5.41) is 4.07. The molecule has 2 aromatic rings. The molecule has 35 heavy (non-hydrogen) atoms. The molecule has 0 aliphatic rings. The Morgan fingerprint density at radius 1 is 1.00 bits per heavy atom. The molecule has 2 amide bonds. The van der Waals surface area contributed by atoms with Crippen LogP contribution in [0.15, 0.2) is 42.5 Å². The van der Waals surface area contributed by atoms with Crippen LogP contribution in [0.2, 0.25) is 15.1 Å². The lowest BCUT2D eigenvalue weighted by Gasteiger charge is -2.30. The number of hydrogen-bond donors (Lipinski definition) is 1. The highest BCUT2D eigenvalue weighted by atomic mass is 35.5. The Labute approximate surface area is 222 Å². The van der Waals surface area contributed by atoms with Gasteiger partial charge in [0.25, 0.3) is 0 Å². The maximum Gasteiger partial charge on any atom is 0.242 e. The molecule has 0 saturated carbocycles. The van der Waals surface area contributed by atoms with Gasteiger partial charge in [-0.2, -0.15) is 0 Å². The van der Waals surface area contributed by atoms with Crippen molar-refractivity contribution >= 4 is 62.3 Å². The van der Waals surface area contributed by atoms with Crippen LogP contribution in [0.1, 0.15) is 39.2 Å². The van der Waals surface area contributed by atoms with Crippen molar-refractivity contribution in [2.45, 2.75) is 52.2 Å². The molecule has 0 aliphatic heterocycles. The summed E-state index contributed by atoms with van der Waals surface area (Å²) in [5.74, 6) is -0.600. The fourth-order valence-electron chi connectivity index (χ4n) is 3.46. The average molecular weight is 563 g/mol. The maximum absolute atomic E-state index is 13.3. The van der Waals surface area contributed by atoms with Crippen molar-refractivity contribution in [2.75, 3.05) is 17.1 Å². The summed E-state index contributed by atoms with van der Waals surface area (Å²) in [6.07, 6.45) is 1.36. The lowest BCUT2D eigenvalue weighted by Crippen LogP contribution is -2.49. The number of halogens is 3. The molecular weight excluding hydrogens is 533 g/mol. The van der Waals surface area contributed by atoms with Crippen molar-refractivity contribution in [3.63, 3.8) is 0 Å². The zero-order valence-corrected chi connectivity index (χ0v) is 23.2. The third-order valence-electron chi connectivity index (χ3n) is 5.20. The van der Waals surface area contributed by atoms with Gasteiger partial charge in [0, 0.05) is 40.6 Å². The minimum atomic E-state index is -3.60. The standard InChI is InChI=1S/C24H30Cl3N3O4S/c1-16(2)28-24(32)17(3)29(15-18-10-11-20(26)14-22(18)27)23(31)9-6-12-30(35(4,33)34)21-8-5-7-19(25)13-21/h5,7-8,10-11,13-14,16-17H,6,9,12,15H2,1-4H3,(H,28,32)/t17-/m1/s1. The number of nitrogens with one attached hydrogen (secondary N) is 1. The smallest absolute Gasteiger partial charge is 0.242 e. The SMILES string of the molecule is CC(C)NC(=O)[C@@H](C)N(Cc1ccc(Cl)cc1Cl)C(=O)CCCN(c1cccc(Cl)c1)S(C)(=O)=O. The quantitative estimate of drug-likeness (QED) is 0.411. The molecular formula is C24H30Cl3N3O4S. The van der Waals surface area contributed by atoms with Gasteiger partial charge in [-0.05, 0) is 63.1 Å². The molecule has 0 heterocycles. The molecule has 0 spiro atoms. The van der Waals surface area contributed by atoms with Crippen LogP contribution in [0.25, 0.3) is 0 Å². The molecule has 7 nitrogen and oxygen atoms in total. The van der Waals surface area contributed by atoms with Gasteiger partial charge in [0.05, 0.1) is 11.9 Å². The number of carbonyl (C=O) groups is 2. The van der Waals surface area contributed by atoms with E-state index in [0.717, 1.165) is 6.26 Å². The van der Waals surface area contributed by atoms with Crippen molar-refractivity contribution in [3.8, 4) is 0 Å². The molecule has 2 rings (SSSR count). The Kier molecular flexibility index (Phi) is 10.7. The normalized spacial score (nSPS) is 12.3. The van der Waals surface area contributed by atoms with Gasteiger partial charge in [-0.1, -0.05) is 46.9 Å². The van der Waals surface area contributed by atoms with Crippen LogP contribution in [0.3, 0.4) is 0 Å². The number of sulfonamides is 1. The number of carbonyl (C=O) groups excluding carboxylic acids is 2. The van der Waals surface area contributed by atoms with Gasteiger partial charge in [0.2, 0.25) is 21.8 Å². The molecule has 11 heteroatoms. The van der Waals surface area contributed by atoms with Crippen LogP contribution < -0.4 is 9.62 Å². The Morgan fingerprint density at radius 2 is 1.66 bits per heavy atom. The van der Waals surface area contributed by atoms with Crippen molar-refractivity contribution in [1.29, 1.82) is 0 Å². The zero-order valence-electron chi connectivity index (χ0n) is 20.1. The monoisotopic (exact) mass is 561 g/mol. The molecule has 0 unspecified atom stereocenters. The summed E-state index contributed by atoms with van der Waals surface area (Å²) >= 11 is 18.3. The lowest BCUT2D eigenvalue weighted by molar-refractivity contribution is -0.140. The first-order valence-electron chi connectivity index (χ1n) is 11.1. The molecule has 1 atom stereocenters. The van der Waals surface area contributed by atoms with E-state index in [1.54, 1.807) is 49.4 Å². The predicted molar refractivity (Wildman–Crippen MR) is 143 cm³/mol. The first-order chi connectivity index (χ1) is 16.3. The van der Waals surface area contributed by atoms with E-state index in [-0.39, 0.29) is 43.8 Å². The van der Waals surface area contributed by atoms with Crippen molar-refractivity contribution < 1.29 is 18.0 Å². The van der Waals surface area contributed by atoms with E-state index < -0.39 is 16.1 Å². The van der Waals surface area contributed by atoms with Crippen LogP contribution in [-0.2, 0) is 26.2 Å². The minimum absolute atomic E-state index is 0.0249. The molecule has 0 radical (unpaired) electrons. The summed E-state index contributed by atoms with van der Waals surface area (Å²) in [6.45, 7) is 5.50. The van der Waals surface area contributed by atoms with Crippen LogP contribution in [0.5, 0.6) is 0 Å². The van der Waals surface area contributed by atoms with Gasteiger partial charge in [-0.15, -0.1) is 0 Å². The van der Waals surface area contributed by atoms with Crippen molar-refractivity contribution in [2.24, 2.45) is 0 Å². The fourth-order valence-corrected chi connectivity index (χ4v) is 5.07. The Balaban J connectivity index is 2.20. The Bertz CT molecular complexity index is 1160. The number of hydrogen-bond acceptors (Lipinski definition) is 4. The molecule has 0 fully saturated rings. The first-order valence-corrected chi connectivity index (χ1v) is 14.0. The summed E-state index contributed by atoms with van der Waals surface area (Å²) in [6, 6.07) is 10.6. The van der Waals surface area contributed by atoms with E-state index in [9.17, 15) is 18.0 Å². The van der Waals surface area contributed by atoms with Crippen molar-refractivity contribution in [3.05, 3.63) is 63.1 Å². The average Bonchev–Trinajstić information content (AvgIpc) is 2.74. The number of benzene rings is 2. The number of nitrogens with zero attached hydrogens (tertiary/aromatic N) is 2. The molecule has 192 valence electrons. The first kappa shape index (κ1) is 29.2. The van der Waals surface area contributed by atoms with Gasteiger partial charge in [0.1, 0.15) is 6.04 Å². The third-order valence-corrected chi connectivity index (χ3v) is 7.22. The number of anilines is 1. The summed E-state index contributed by atoms with van der Waals surface area (Å²) < 4.78 is 25.9. The van der Waals surface area contributed by atoms with E-state index in [1.807, 2.05) is 13.8 Å².